The molecule has 0 aromatic rings. The van der Waals surface area contributed by atoms with Crippen LogP contribution in [-0.2, 0) is 21.7 Å². The average molecular weight is 344 g/mol. The zero-order chi connectivity index (χ0) is 11.5. The van der Waals surface area contributed by atoms with Gasteiger partial charge in [0.15, 0.2) is 0 Å². The summed E-state index contributed by atoms with van der Waals surface area (Å²) in [6.07, 6.45) is 3.36. The number of nitrogens with one attached hydrogen (secondary N) is 1. The molecule has 1 unspecified atom stereocenters. The standard InChI is InChI=1S/C9H13.C4H10N.2CH3.2ClH.Ti/c1-6-5-7(2)9(4)8(6)3;1-4(2,3)5;;;;;/h6H,1-4H3;5H,1-3H3;2*1H3;2*1H;/q4*-1;;;+4. The van der Waals surface area contributed by atoms with Crippen molar-refractivity contribution < 1.29 is 21.7 Å². The molecule has 114 valence electrons. The topological polar surface area (TPSA) is 23.8 Å². The second kappa shape index (κ2) is 15.1. The van der Waals surface area contributed by atoms with E-state index in [4.69, 9.17) is 5.73 Å². The maximum absolute atomic E-state index is 6.94. The maximum Gasteiger partial charge on any atom is 4.00 e. The van der Waals surface area contributed by atoms with Crippen molar-refractivity contribution >= 4 is 24.8 Å². The van der Waals surface area contributed by atoms with Crippen molar-refractivity contribution in [3.8, 4) is 0 Å². The molecule has 0 saturated carbocycles. The third-order valence-electron chi connectivity index (χ3n) is 2.24. The van der Waals surface area contributed by atoms with E-state index in [2.05, 4.69) is 33.8 Å². The molecule has 1 rings (SSSR count). The molecule has 1 atom stereocenters. The quantitative estimate of drug-likeness (QED) is 0.364. The molecule has 0 aromatic heterocycles. The van der Waals surface area contributed by atoms with E-state index in [0.29, 0.717) is 5.92 Å². The second-order valence-electron chi connectivity index (χ2n) is 5.05. The monoisotopic (exact) mass is 343 g/mol. The van der Waals surface area contributed by atoms with Crippen LogP contribution in [0.1, 0.15) is 48.5 Å². The fourth-order valence-electron chi connectivity index (χ4n) is 1.16. The first kappa shape index (κ1) is 36.7. The molecule has 0 radical (unpaired) electrons. The van der Waals surface area contributed by atoms with E-state index in [-0.39, 0.29) is 66.9 Å². The van der Waals surface area contributed by atoms with Crippen LogP contribution in [0.3, 0.4) is 0 Å². The molecular weight excluding hydrogens is 313 g/mol. The van der Waals surface area contributed by atoms with Gasteiger partial charge in [-0.2, -0.15) is 11.1 Å². The Balaban J connectivity index is -0.0000000385. The van der Waals surface area contributed by atoms with E-state index in [1.165, 1.54) is 16.7 Å². The predicted molar refractivity (Wildman–Crippen MR) is 91.4 cm³/mol. The second-order valence-corrected chi connectivity index (χ2v) is 5.05. The largest absolute Gasteiger partial charge is 4.00 e. The van der Waals surface area contributed by atoms with Gasteiger partial charge in [-0.3, -0.25) is 6.08 Å². The summed E-state index contributed by atoms with van der Waals surface area (Å²) in [5.41, 5.74) is 10.9. The Bertz CT molecular complexity index is 260. The SMILES string of the molecule is CC(C)(C)[NH-].CC1=[C-]C(C)C(C)=C1C.Cl.Cl.[CH3-].[CH3-].[Ti+4]. The molecule has 0 fully saturated rings. The maximum atomic E-state index is 6.94. The van der Waals surface area contributed by atoms with Crippen LogP contribution in [0.2, 0.25) is 0 Å². The van der Waals surface area contributed by atoms with Crippen molar-refractivity contribution in [2.24, 2.45) is 5.92 Å². The first-order valence-electron chi connectivity index (χ1n) is 5.15. The molecule has 1 N–H and O–H groups in total. The van der Waals surface area contributed by atoms with Crippen LogP contribution < -0.4 is 0 Å². The number of halogens is 2. The molecular formula is C15H31Cl2NTi. The molecule has 0 amide bonds. The van der Waals surface area contributed by atoms with Crippen LogP contribution in [0.5, 0.6) is 0 Å². The van der Waals surface area contributed by atoms with Crippen molar-refractivity contribution in [2.75, 3.05) is 0 Å². The normalized spacial score (nSPS) is 16.0. The van der Waals surface area contributed by atoms with E-state index in [0.717, 1.165) is 0 Å². The summed E-state index contributed by atoms with van der Waals surface area (Å²) >= 11 is 0. The Morgan fingerprint density at radius 3 is 1.32 bits per heavy atom. The first-order chi connectivity index (χ1) is 6.13. The number of allylic oxidation sites excluding steroid dienone is 4. The Kier molecular flexibility index (Phi) is 29.2. The van der Waals surface area contributed by atoms with Crippen molar-refractivity contribution in [2.45, 2.75) is 54.0 Å². The Labute approximate surface area is 149 Å². The predicted octanol–water partition coefficient (Wildman–Crippen LogP) is 6.30. The van der Waals surface area contributed by atoms with Crippen molar-refractivity contribution in [1.29, 1.82) is 0 Å². The van der Waals surface area contributed by atoms with Gasteiger partial charge in [0.2, 0.25) is 0 Å². The molecule has 0 saturated heterocycles. The minimum atomic E-state index is -0.250. The van der Waals surface area contributed by atoms with E-state index in [1.807, 2.05) is 20.8 Å². The number of hydrogen-bond acceptors (Lipinski definition) is 0. The van der Waals surface area contributed by atoms with Crippen LogP contribution in [0, 0.1) is 26.8 Å². The smallest absolute Gasteiger partial charge is 0.673 e. The van der Waals surface area contributed by atoms with Gasteiger partial charge in [0, 0.05) is 0 Å². The molecule has 4 heteroatoms. The van der Waals surface area contributed by atoms with Gasteiger partial charge in [-0.05, 0) is 0 Å². The molecule has 1 aliphatic carbocycles. The minimum absolute atomic E-state index is 0. The summed E-state index contributed by atoms with van der Waals surface area (Å²) in [6.45, 7) is 14.2. The van der Waals surface area contributed by atoms with Gasteiger partial charge in [-0.15, -0.1) is 37.3 Å². The Hall–Kier alpha value is 0.734. The van der Waals surface area contributed by atoms with E-state index in [1.54, 1.807) is 0 Å². The first-order valence-corrected chi connectivity index (χ1v) is 5.15. The van der Waals surface area contributed by atoms with Crippen molar-refractivity contribution in [1.82, 2.24) is 0 Å². The van der Waals surface area contributed by atoms with Gasteiger partial charge in [0.25, 0.3) is 0 Å². The fourth-order valence-corrected chi connectivity index (χ4v) is 1.16. The Morgan fingerprint density at radius 2 is 1.26 bits per heavy atom. The summed E-state index contributed by atoms with van der Waals surface area (Å²) in [6, 6.07) is 0. The van der Waals surface area contributed by atoms with E-state index >= 15 is 0 Å². The average Bonchev–Trinajstić information content (AvgIpc) is 2.14. The summed E-state index contributed by atoms with van der Waals surface area (Å²) in [5, 5.41) is 0. The van der Waals surface area contributed by atoms with Crippen LogP contribution in [-0.4, -0.2) is 5.54 Å². The zero-order valence-electron chi connectivity index (χ0n) is 13.9. The third-order valence-corrected chi connectivity index (χ3v) is 2.24. The van der Waals surface area contributed by atoms with Gasteiger partial charge in [0.1, 0.15) is 0 Å². The molecule has 1 aliphatic rings. The van der Waals surface area contributed by atoms with Gasteiger partial charge < -0.3 is 20.6 Å². The van der Waals surface area contributed by atoms with Gasteiger partial charge in [-0.1, -0.05) is 47.5 Å². The summed E-state index contributed by atoms with van der Waals surface area (Å²) in [4.78, 5) is 0. The zero-order valence-corrected chi connectivity index (χ0v) is 17.1. The van der Waals surface area contributed by atoms with Gasteiger partial charge in [-0.25, -0.2) is 5.57 Å². The summed E-state index contributed by atoms with van der Waals surface area (Å²) in [7, 11) is 0. The summed E-state index contributed by atoms with van der Waals surface area (Å²) < 4.78 is 0. The molecule has 1 nitrogen and oxygen atoms in total. The molecule has 0 spiro atoms. The fraction of sp³-hybridized carbons (Fsp3) is 0.600. The molecule has 19 heavy (non-hydrogen) atoms. The molecule has 0 aromatic carbocycles. The number of hydrogen-bond donors (Lipinski definition) is 0. The van der Waals surface area contributed by atoms with Gasteiger partial charge in [0.05, 0.1) is 0 Å². The number of rotatable bonds is 0. The van der Waals surface area contributed by atoms with Crippen LogP contribution in [0.4, 0.5) is 0 Å². The molecule has 0 aliphatic heterocycles. The molecule has 0 heterocycles. The molecule has 0 bridgehead atoms. The van der Waals surface area contributed by atoms with Crippen LogP contribution >= 0.6 is 24.8 Å². The van der Waals surface area contributed by atoms with E-state index in [9.17, 15) is 0 Å². The van der Waals surface area contributed by atoms with Crippen molar-refractivity contribution in [3.63, 3.8) is 0 Å². The van der Waals surface area contributed by atoms with E-state index < -0.39 is 0 Å². The van der Waals surface area contributed by atoms with Crippen molar-refractivity contribution in [3.05, 3.63) is 43.4 Å². The minimum Gasteiger partial charge on any atom is -0.673 e. The third kappa shape index (κ3) is 18.7. The van der Waals surface area contributed by atoms with Crippen LogP contribution in [0.15, 0.2) is 16.7 Å². The van der Waals surface area contributed by atoms with Gasteiger partial charge >= 0.3 is 21.7 Å². The van der Waals surface area contributed by atoms with Crippen LogP contribution in [0.25, 0.3) is 5.73 Å². The summed E-state index contributed by atoms with van der Waals surface area (Å²) in [5.74, 6) is 0.560. The Morgan fingerprint density at radius 1 is 1.00 bits per heavy atom.